The number of guanidine groups is 1. The first kappa shape index (κ1) is 22.7. The Morgan fingerprint density at radius 3 is 2.30 bits per heavy atom. The van der Waals surface area contributed by atoms with E-state index >= 15 is 0 Å². The van der Waals surface area contributed by atoms with Gasteiger partial charge in [0.1, 0.15) is 11.6 Å². The molecule has 4 rings (SSSR count). The molecule has 33 heavy (non-hydrogen) atoms. The van der Waals surface area contributed by atoms with Crippen molar-refractivity contribution in [1.29, 1.82) is 0 Å². The molecule has 7 heteroatoms. The minimum atomic E-state index is -0.301. The summed E-state index contributed by atoms with van der Waals surface area (Å²) in [5, 5.41) is 6.67. The zero-order chi connectivity index (χ0) is 22.9. The molecule has 6 nitrogen and oxygen atoms in total. The summed E-state index contributed by atoms with van der Waals surface area (Å²) in [4.78, 5) is 11.0. The van der Waals surface area contributed by atoms with E-state index in [0.717, 1.165) is 12.1 Å². The largest absolute Gasteiger partial charge is 0.439 e. The number of nitrogens with one attached hydrogen (secondary N) is 2. The Morgan fingerprint density at radius 2 is 1.61 bits per heavy atom. The first-order valence-electron chi connectivity index (χ1n) is 11.3. The fourth-order valence-corrected chi connectivity index (χ4v) is 3.79. The van der Waals surface area contributed by atoms with E-state index in [2.05, 4.69) is 49.8 Å². The maximum absolute atomic E-state index is 13.1. The van der Waals surface area contributed by atoms with Crippen LogP contribution in [-0.2, 0) is 19.6 Å². The average molecular weight is 448 g/mol. The minimum absolute atomic E-state index is 0.301. The summed E-state index contributed by atoms with van der Waals surface area (Å²) in [6, 6.07) is 18.4. The van der Waals surface area contributed by atoms with Gasteiger partial charge in [-0.05, 0) is 73.0 Å². The van der Waals surface area contributed by atoms with Gasteiger partial charge in [0, 0.05) is 38.9 Å². The third kappa shape index (κ3) is 7.02. The maximum Gasteiger partial charge on any atom is 0.219 e. The second kappa shape index (κ2) is 11.4. The summed E-state index contributed by atoms with van der Waals surface area (Å²) in [6.07, 6.45) is 4.32. The molecule has 0 amide bonds. The summed E-state index contributed by atoms with van der Waals surface area (Å²) in [5.41, 5.74) is 3.57. The molecule has 2 N–H and O–H groups in total. The molecule has 0 spiro atoms. The molecular formula is C26H30FN5O. The molecule has 1 fully saturated rings. The monoisotopic (exact) mass is 447 g/mol. The predicted octanol–water partition coefficient (Wildman–Crippen LogP) is 4.47. The summed E-state index contributed by atoms with van der Waals surface area (Å²) in [5.74, 6) is 1.41. The molecule has 0 atom stereocenters. The van der Waals surface area contributed by atoms with Gasteiger partial charge in [0.05, 0.1) is 0 Å². The normalized spacial score (nSPS) is 14.3. The van der Waals surface area contributed by atoms with Gasteiger partial charge in [-0.3, -0.25) is 9.89 Å². The molecule has 1 saturated heterocycles. The molecule has 0 radical (unpaired) electrons. The number of hydrogen-bond acceptors (Lipinski definition) is 4. The predicted molar refractivity (Wildman–Crippen MR) is 129 cm³/mol. The number of halogens is 1. The number of likely N-dealkylation sites (tertiary alicyclic amines) is 1. The average Bonchev–Trinajstić information content (AvgIpc) is 3.35. The number of hydrogen-bond donors (Lipinski definition) is 2. The van der Waals surface area contributed by atoms with Gasteiger partial charge < -0.3 is 15.4 Å². The van der Waals surface area contributed by atoms with Crippen molar-refractivity contribution in [3.05, 3.63) is 89.4 Å². The van der Waals surface area contributed by atoms with Gasteiger partial charge in [0.2, 0.25) is 5.88 Å². The highest BCUT2D eigenvalue weighted by Gasteiger charge is 2.11. The first-order chi connectivity index (χ1) is 16.2. The molecule has 2 heterocycles. The Morgan fingerprint density at radius 1 is 0.939 bits per heavy atom. The van der Waals surface area contributed by atoms with Crippen LogP contribution >= 0.6 is 0 Å². The van der Waals surface area contributed by atoms with Crippen LogP contribution in [0.3, 0.4) is 0 Å². The number of aliphatic imine (C=N–C) groups is 1. The van der Waals surface area contributed by atoms with Crippen LogP contribution in [0.5, 0.6) is 11.6 Å². The van der Waals surface area contributed by atoms with E-state index in [1.807, 2.05) is 12.1 Å². The van der Waals surface area contributed by atoms with E-state index < -0.39 is 0 Å². The molecule has 0 saturated carbocycles. The van der Waals surface area contributed by atoms with Crippen molar-refractivity contribution < 1.29 is 9.13 Å². The van der Waals surface area contributed by atoms with Crippen LogP contribution in [0.1, 0.15) is 29.5 Å². The van der Waals surface area contributed by atoms with Crippen molar-refractivity contribution in [3.63, 3.8) is 0 Å². The van der Waals surface area contributed by atoms with E-state index in [4.69, 9.17) is 4.74 Å². The van der Waals surface area contributed by atoms with Gasteiger partial charge in [-0.15, -0.1) is 0 Å². The highest BCUT2D eigenvalue weighted by molar-refractivity contribution is 5.79. The van der Waals surface area contributed by atoms with Gasteiger partial charge >= 0.3 is 0 Å². The summed E-state index contributed by atoms with van der Waals surface area (Å²) in [6.45, 7) is 4.72. The van der Waals surface area contributed by atoms with Crippen LogP contribution in [-0.4, -0.2) is 36.0 Å². The summed E-state index contributed by atoms with van der Waals surface area (Å²) in [7, 11) is 1.75. The lowest BCUT2D eigenvalue weighted by Gasteiger charge is -2.15. The lowest BCUT2D eigenvalue weighted by Crippen LogP contribution is -2.36. The van der Waals surface area contributed by atoms with Crippen molar-refractivity contribution in [1.82, 2.24) is 20.5 Å². The molecule has 1 aliphatic heterocycles. The number of rotatable bonds is 8. The highest BCUT2D eigenvalue weighted by Crippen LogP contribution is 2.20. The highest BCUT2D eigenvalue weighted by atomic mass is 19.1. The smallest absolute Gasteiger partial charge is 0.219 e. The minimum Gasteiger partial charge on any atom is -0.439 e. The molecule has 0 unspecified atom stereocenters. The number of nitrogens with zero attached hydrogens (tertiary/aromatic N) is 3. The zero-order valence-corrected chi connectivity index (χ0v) is 18.9. The van der Waals surface area contributed by atoms with Crippen LogP contribution in [0.4, 0.5) is 4.39 Å². The Kier molecular flexibility index (Phi) is 7.87. The zero-order valence-electron chi connectivity index (χ0n) is 18.9. The Bertz CT molecular complexity index is 1050. The Hall–Kier alpha value is -3.45. The maximum atomic E-state index is 13.1. The molecule has 2 aromatic carbocycles. The van der Waals surface area contributed by atoms with Crippen LogP contribution < -0.4 is 15.4 Å². The Balaban J connectivity index is 1.25. The van der Waals surface area contributed by atoms with Crippen molar-refractivity contribution >= 4 is 5.96 Å². The van der Waals surface area contributed by atoms with Crippen LogP contribution in [0, 0.1) is 5.82 Å². The fraction of sp³-hybridized carbons (Fsp3) is 0.308. The quantitative estimate of drug-likeness (QED) is 0.394. The molecule has 1 aliphatic rings. The van der Waals surface area contributed by atoms with Crippen molar-refractivity contribution in [2.24, 2.45) is 4.99 Å². The van der Waals surface area contributed by atoms with E-state index in [1.54, 1.807) is 25.4 Å². The van der Waals surface area contributed by atoms with Gasteiger partial charge in [-0.1, -0.05) is 24.3 Å². The molecule has 0 aliphatic carbocycles. The van der Waals surface area contributed by atoms with Gasteiger partial charge in [0.25, 0.3) is 0 Å². The molecule has 1 aromatic heterocycles. The van der Waals surface area contributed by atoms with E-state index in [1.165, 1.54) is 49.2 Å². The van der Waals surface area contributed by atoms with Crippen molar-refractivity contribution in [2.45, 2.75) is 32.5 Å². The second-order valence-corrected chi connectivity index (χ2v) is 8.14. The van der Waals surface area contributed by atoms with Gasteiger partial charge in [-0.2, -0.15) is 0 Å². The first-order valence-corrected chi connectivity index (χ1v) is 11.3. The SMILES string of the molecule is CN=C(NCc1ccc(CN2CCCC2)cc1)NCc1ccnc(Oc2ccc(F)cc2)c1. The number of pyridine rings is 1. The topological polar surface area (TPSA) is 61.8 Å². The van der Waals surface area contributed by atoms with E-state index in [-0.39, 0.29) is 5.82 Å². The fourth-order valence-electron chi connectivity index (χ4n) is 3.79. The van der Waals surface area contributed by atoms with Gasteiger partial charge in [-0.25, -0.2) is 9.37 Å². The molecule has 3 aromatic rings. The van der Waals surface area contributed by atoms with Crippen LogP contribution in [0.15, 0.2) is 71.9 Å². The van der Waals surface area contributed by atoms with Crippen molar-refractivity contribution in [2.75, 3.05) is 20.1 Å². The molecule has 172 valence electrons. The Labute approximate surface area is 194 Å². The van der Waals surface area contributed by atoms with Crippen molar-refractivity contribution in [3.8, 4) is 11.6 Å². The number of ether oxygens (including phenoxy) is 1. The lowest BCUT2D eigenvalue weighted by molar-refractivity contribution is 0.331. The number of aromatic nitrogens is 1. The molecular weight excluding hydrogens is 417 g/mol. The lowest BCUT2D eigenvalue weighted by atomic mass is 10.1. The summed E-state index contributed by atoms with van der Waals surface area (Å²) < 4.78 is 18.8. The third-order valence-electron chi connectivity index (χ3n) is 5.61. The number of benzene rings is 2. The molecule has 0 bridgehead atoms. The van der Waals surface area contributed by atoms with Crippen LogP contribution in [0.2, 0.25) is 0 Å². The van der Waals surface area contributed by atoms with E-state index in [0.29, 0.717) is 30.7 Å². The summed E-state index contributed by atoms with van der Waals surface area (Å²) >= 11 is 0. The second-order valence-electron chi connectivity index (χ2n) is 8.14. The van der Waals surface area contributed by atoms with E-state index in [9.17, 15) is 4.39 Å². The standard InChI is InChI=1S/C26H30FN5O/c1-28-26(30-17-20-4-6-21(7-5-20)19-32-14-2-3-15-32)31-18-22-12-13-29-25(16-22)33-24-10-8-23(27)9-11-24/h4-13,16H,2-3,14-15,17-19H2,1H3,(H2,28,30,31). The van der Waals surface area contributed by atoms with Gasteiger partial charge in [0.15, 0.2) is 5.96 Å². The third-order valence-corrected chi connectivity index (χ3v) is 5.61. The van der Waals surface area contributed by atoms with Crippen LogP contribution in [0.25, 0.3) is 0 Å².